The second-order valence-corrected chi connectivity index (χ2v) is 9.94. The van der Waals surface area contributed by atoms with E-state index in [4.69, 9.17) is 0 Å². The number of carbonyl (C=O) groups excluding carboxylic acids is 1. The molecule has 1 aliphatic rings. The lowest BCUT2D eigenvalue weighted by Gasteiger charge is -2.35. The van der Waals surface area contributed by atoms with E-state index in [1.165, 1.54) is 23.3 Å². The van der Waals surface area contributed by atoms with Crippen molar-refractivity contribution >= 4 is 21.6 Å². The minimum atomic E-state index is -3.71. The van der Waals surface area contributed by atoms with Gasteiger partial charge in [-0.05, 0) is 54.3 Å². The maximum absolute atomic E-state index is 12.8. The molecule has 33 heavy (non-hydrogen) atoms. The summed E-state index contributed by atoms with van der Waals surface area (Å²) < 4.78 is 27.7. The average Bonchev–Trinajstić information content (AvgIpc) is 2.84. The van der Waals surface area contributed by atoms with Crippen molar-refractivity contribution in [2.24, 2.45) is 0 Å². The van der Waals surface area contributed by atoms with Gasteiger partial charge in [0.15, 0.2) is 0 Å². The van der Waals surface area contributed by atoms with Crippen LogP contribution < -0.4 is 10.0 Å². The van der Waals surface area contributed by atoms with Gasteiger partial charge >= 0.3 is 0 Å². The maximum atomic E-state index is 12.8. The summed E-state index contributed by atoms with van der Waals surface area (Å²) >= 11 is 0. The molecule has 1 amide bonds. The summed E-state index contributed by atoms with van der Waals surface area (Å²) in [4.78, 5) is 15.4. The van der Waals surface area contributed by atoms with Crippen LogP contribution in [0.2, 0.25) is 0 Å². The Morgan fingerprint density at radius 1 is 0.970 bits per heavy atom. The van der Waals surface area contributed by atoms with Crippen molar-refractivity contribution < 1.29 is 13.2 Å². The van der Waals surface area contributed by atoms with E-state index in [-0.39, 0.29) is 16.8 Å². The van der Waals surface area contributed by atoms with Crippen LogP contribution in [-0.2, 0) is 23.0 Å². The largest absolute Gasteiger partial charge is 0.350 e. The van der Waals surface area contributed by atoms with E-state index in [0.29, 0.717) is 17.8 Å². The fourth-order valence-corrected chi connectivity index (χ4v) is 5.28. The van der Waals surface area contributed by atoms with Crippen molar-refractivity contribution in [1.82, 2.24) is 10.2 Å². The summed E-state index contributed by atoms with van der Waals surface area (Å²) in [6.07, 6.45) is 1.95. The minimum absolute atomic E-state index is 0.175. The number of nitrogens with one attached hydrogen (secondary N) is 2. The molecule has 0 aromatic heterocycles. The molecule has 6 nitrogen and oxygen atoms in total. The zero-order valence-corrected chi connectivity index (χ0v) is 19.5. The van der Waals surface area contributed by atoms with E-state index in [1.54, 1.807) is 42.5 Å². The summed E-state index contributed by atoms with van der Waals surface area (Å²) in [6, 6.07) is 23.5. The Morgan fingerprint density at radius 3 is 2.45 bits per heavy atom. The topological polar surface area (TPSA) is 78.5 Å². The van der Waals surface area contributed by atoms with Crippen LogP contribution in [0.3, 0.4) is 0 Å². The third kappa shape index (κ3) is 5.61. The number of sulfonamides is 1. The van der Waals surface area contributed by atoms with Crippen LogP contribution in [0.1, 0.15) is 34.8 Å². The number of hydrogen-bond donors (Lipinski definition) is 2. The van der Waals surface area contributed by atoms with E-state index < -0.39 is 10.0 Å². The SMILES string of the molecule is CCC(CNC(=O)c1cccc(NS(=O)(=O)c2ccccc2)c1)N1CCc2ccccc2C1. The van der Waals surface area contributed by atoms with E-state index in [9.17, 15) is 13.2 Å². The molecule has 172 valence electrons. The first-order valence-corrected chi connectivity index (χ1v) is 12.7. The lowest BCUT2D eigenvalue weighted by molar-refractivity contribution is 0.0926. The molecule has 4 rings (SSSR count). The molecule has 1 atom stereocenters. The van der Waals surface area contributed by atoms with Gasteiger partial charge in [-0.2, -0.15) is 0 Å². The van der Waals surface area contributed by atoms with Crippen molar-refractivity contribution in [2.45, 2.75) is 37.2 Å². The number of fused-ring (bicyclic) bond motifs is 1. The second kappa shape index (κ2) is 10.2. The van der Waals surface area contributed by atoms with Gasteiger partial charge in [0.25, 0.3) is 15.9 Å². The molecular weight excluding hydrogens is 434 g/mol. The quantitative estimate of drug-likeness (QED) is 0.528. The number of nitrogens with zero attached hydrogens (tertiary/aromatic N) is 1. The normalized spacial score (nSPS) is 14.8. The van der Waals surface area contributed by atoms with Gasteiger partial charge in [-0.3, -0.25) is 14.4 Å². The Kier molecular flexibility index (Phi) is 7.11. The third-order valence-electron chi connectivity index (χ3n) is 6.08. The summed E-state index contributed by atoms with van der Waals surface area (Å²) in [5, 5.41) is 3.04. The van der Waals surface area contributed by atoms with Crippen LogP contribution in [-0.4, -0.2) is 38.4 Å². The molecule has 1 unspecified atom stereocenters. The second-order valence-electron chi connectivity index (χ2n) is 8.26. The van der Waals surface area contributed by atoms with E-state index in [0.717, 1.165) is 25.9 Å². The van der Waals surface area contributed by atoms with E-state index >= 15 is 0 Å². The van der Waals surface area contributed by atoms with Gasteiger partial charge in [0.1, 0.15) is 0 Å². The monoisotopic (exact) mass is 463 g/mol. The van der Waals surface area contributed by atoms with Crippen LogP contribution in [0.4, 0.5) is 5.69 Å². The summed E-state index contributed by atoms with van der Waals surface area (Å²) in [7, 11) is -3.71. The predicted octanol–water partition coefficient (Wildman–Crippen LogP) is 4.05. The number of anilines is 1. The summed E-state index contributed by atoms with van der Waals surface area (Å²) in [5.74, 6) is -0.216. The highest BCUT2D eigenvalue weighted by atomic mass is 32.2. The van der Waals surface area contributed by atoms with Crippen molar-refractivity contribution in [3.05, 3.63) is 95.6 Å². The Bertz CT molecular complexity index is 1210. The smallest absolute Gasteiger partial charge is 0.261 e. The first-order chi connectivity index (χ1) is 16.0. The highest BCUT2D eigenvalue weighted by Gasteiger charge is 2.23. The number of benzene rings is 3. The van der Waals surface area contributed by atoms with Gasteiger partial charge in [0.2, 0.25) is 0 Å². The first kappa shape index (κ1) is 23.0. The predicted molar refractivity (Wildman–Crippen MR) is 131 cm³/mol. The first-order valence-electron chi connectivity index (χ1n) is 11.2. The molecule has 0 fully saturated rings. The molecule has 3 aromatic carbocycles. The molecular formula is C26H29N3O3S. The van der Waals surface area contributed by atoms with Crippen LogP contribution in [0.5, 0.6) is 0 Å². The Hall–Kier alpha value is -3.16. The molecule has 0 saturated heterocycles. The molecule has 0 bridgehead atoms. The molecule has 0 saturated carbocycles. The Balaban J connectivity index is 1.38. The van der Waals surface area contributed by atoms with Gasteiger partial charge in [-0.1, -0.05) is 55.5 Å². The number of carbonyl (C=O) groups is 1. The van der Waals surface area contributed by atoms with Gasteiger partial charge in [0, 0.05) is 36.9 Å². The molecule has 3 aromatic rings. The number of hydrogen-bond acceptors (Lipinski definition) is 4. The fourth-order valence-electron chi connectivity index (χ4n) is 4.21. The van der Waals surface area contributed by atoms with Crippen molar-refractivity contribution in [2.75, 3.05) is 17.8 Å². The molecule has 1 aliphatic heterocycles. The van der Waals surface area contributed by atoms with E-state index in [1.807, 2.05) is 0 Å². The van der Waals surface area contributed by atoms with Crippen LogP contribution in [0.15, 0.2) is 83.8 Å². The maximum Gasteiger partial charge on any atom is 0.261 e. The molecule has 2 N–H and O–H groups in total. The summed E-state index contributed by atoms with van der Waals surface area (Å²) in [5.41, 5.74) is 3.53. The lowest BCUT2D eigenvalue weighted by atomic mass is 9.98. The van der Waals surface area contributed by atoms with Gasteiger partial charge in [-0.15, -0.1) is 0 Å². The Labute approximate surface area is 195 Å². The van der Waals surface area contributed by atoms with Gasteiger partial charge in [-0.25, -0.2) is 8.42 Å². The van der Waals surface area contributed by atoms with Crippen LogP contribution >= 0.6 is 0 Å². The standard InChI is InChI=1S/C26H29N3O3S/c1-2-24(29-16-15-20-9-6-7-10-22(20)19-29)18-27-26(30)21-11-8-12-23(17-21)28-33(31,32)25-13-4-3-5-14-25/h3-14,17,24,28H,2,15-16,18-19H2,1H3,(H,27,30). The van der Waals surface area contributed by atoms with E-state index in [2.05, 4.69) is 46.1 Å². The van der Waals surface area contributed by atoms with Crippen molar-refractivity contribution in [1.29, 1.82) is 0 Å². The minimum Gasteiger partial charge on any atom is -0.350 e. The molecule has 0 radical (unpaired) electrons. The fraction of sp³-hybridized carbons (Fsp3) is 0.269. The van der Waals surface area contributed by atoms with Crippen molar-refractivity contribution in [3.63, 3.8) is 0 Å². The Morgan fingerprint density at radius 2 is 1.70 bits per heavy atom. The zero-order valence-electron chi connectivity index (χ0n) is 18.7. The van der Waals surface area contributed by atoms with Gasteiger partial charge < -0.3 is 5.32 Å². The third-order valence-corrected chi connectivity index (χ3v) is 7.47. The van der Waals surface area contributed by atoms with Crippen LogP contribution in [0, 0.1) is 0 Å². The molecule has 0 spiro atoms. The average molecular weight is 464 g/mol. The van der Waals surface area contributed by atoms with Crippen molar-refractivity contribution in [3.8, 4) is 0 Å². The highest BCUT2D eigenvalue weighted by Crippen LogP contribution is 2.21. The lowest BCUT2D eigenvalue weighted by Crippen LogP contribution is -2.45. The number of amides is 1. The number of rotatable bonds is 8. The molecule has 0 aliphatic carbocycles. The summed E-state index contributed by atoms with van der Waals surface area (Å²) in [6.45, 7) is 4.54. The van der Waals surface area contributed by atoms with Crippen LogP contribution in [0.25, 0.3) is 0 Å². The highest BCUT2D eigenvalue weighted by molar-refractivity contribution is 7.92. The molecule has 1 heterocycles. The van der Waals surface area contributed by atoms with Gasteiger partial charge in [0.05, 0.1) is 4.90 Å². The molecule has 7 heteroatoms. The zero-order chi connectivity index (χ0) is 23.3.